The van der Waals surface area contributed by atoms with Gasteiger partial charge in [-0.3, -0.25) is 0 Å². The minimum Gasteiger partial charge on any atom is -0.0882 e. The maximum atomic E-state index is 2.42. The van der Waals surface area contributed by atoms with Crippen LogP contribution in [0.3, 0.4) is 0 Å². The zero-order valence-corrected chi connectivity index (χ0v) is 15.9. The van der Waals surface area contributed by atoms with Crippen molar-refractivity contribution in [1.82, 2.24) is 0 Å². The van der Waals surface area contributed by atoms with E-state index >= 15 is 0 Å². The van der Waals surface area contributed by atoms with Gasteiger partial charge in [-0.05, 0) is 100 Å². The fourth-order valence-corrected chi connectivity index (χ4v) is 6.01. The van der Waals surface area contributed by atoms with Gasteiger partial charge in [-0.1, -0.05) is 49.8 Å². The topological polar surface area (TPSA) is 0 Å². The Morgan fingerprint density at radius 2 is 0.875 bits per heavy atom. The quantitative estimate of drug-likeness (QED) is 0.435. The smallest absolute Gasteiger partial charge is 0.0292 e. The first-order valence-corrected chi connectivity index (χ1v) is 10.7. The van der Waals surface area contributed by atoms with E-state index in [1.165, 1.54) is 44.9 Å². The number of rotatable bonds is 1. The molecular weight excluding hydrogens is 288 g/mol. The molecule has 0 aromatic rings. The zero-order chi connectivity index (χ0) is 16.7. The molecule has 0 unspecified atom stereocenters. The summed E-state index contributed by atoms with van der Waals surface area (Å²) in [5.41, 5.74) is 0.842. The molecule has 0 heterocycles. The normalized spacial score (nSPS) is 38.1. The van der Waals surface area contributed by atoms with Gasteiger partial charge in [0.25, 0.3) is 0 Å². The molecule has 0 saturated heterocycles. The maximum Gasteiger partial charge on any atom is -0.0292 e. The van der Waals surface area contributed by atoms with Crippen molar-refractivity contribution in [3.05, 3.63) is 36.5 Å². The van der Waals surface area contributed by atoms with Crippen molar-refractivity contribution < 1.29 is 0 Å². The standard InChI is InChI=1S/C12H20.C12H18/c1-2-12-6-9-3-10(7-12)5-11(4-9)8-12;1-2-4-6-8-10-12-11-9-7-5-3-1/h9-11H,2-8H2,1H3;1-2,7-10H,3-6,11-12H2. The molecule has 4 saturated carbocycles. The summed E-state index contributed by atoms with van der Waals surface area (Å²) in [6.07, 6.45) is 32.0. The highest BCUT2D eigenvalue weighted by Crippen LogP contribution is 2.61. The van der Waals surface area contributed by atoms with Crippen LogP contribution in [-0.2, 0) is 0 Å². The summed E-state index contributed by atoms with van der Waals surface area (Å²) in [6, 6.07) is 0. The third-order valence-electron chi connectivity index (χ3n) is 6.92. The van der Waals surface area contributed by atoms with E-state index in [4.69, 9.17) is 0 Å². The van der Waals surface area contributed by atoms with E-state index in [9.17, 15) is 0 Å². The Morgan fingerprint density at radius 1 is 0.583 bits per heavy atom. The van der Waals surface area contributed by atoms with Crippen molar-refractivity contribution in [2.45, 2.75) is 90.4 Å². The molecule has 4 fully saturated rings. The maximum absolute atomic E-state index is 2.42. The van der Waals surface area contributed by atoms with E-state index in [-0.39, 0.29) is 0 Å². The molecular formula is C24H38. The lowest BCUT2D eigenvalue weighted by molar-refractivity contribution is -0.0545. The van der Waals surface area contributed by atoms with Crippen LogP contribution in [0.15, 0.2) is 36.5 Å². The SMILES string of the molecule is C1=CCCC=CCCC=CCC1.CCC12CC3CC(CC(C3)C1)C2. The van der Waals surface area contributed by atoms with Crippen LogP contribution < -0.4 is 0 Å². The minimum absolute atomic E-state index is 0.842. The van der Waals surface area contributed by atoms with Crippen LogP contribution in [0.25, 0.3) is 0 Å². The van der Waals surface area contributed by atoms with Crippen LogP contribution >= 0.6 is 0 Å². The summed E-state index contributed by atoms with van der Waals surface area (Å²) in [7, 11) is 0. The lowest BCUT2D eigenvalue weighted by atomic mass is 9.49. The molecule has 0 amide bonds. The van der Waals surface area contributed by atoms with Crippen molar-refractivity contribution >= 4 is 0 Å². The molecule has 0 radical (unpaired) electrons. The van der Waals surface area contributed by atoms with E-state index in [0.717, 1.165) is 23.2 Å². The van der Waals surface area contributed by atoms with Crippen molar-refractivity contribution in [2.75, 3.05) is 0 Å². The number of hydrogen-bond acceptors (Lipinski definition) is 0. The molecule has 0 heteroatoms. The van der Waals surface area contributed by atoms with Gasteiger partial charge in [0.15, 0.2) is 0 Å². The molecule has 0 aliphatic heterocycles. The fourth-order valence-electron chi connectivity index (χ4n) is 6.01. The Hall–Kier alpha value is -0.780. The fraction of sp³-hybridized carbons (Fsp3) is 0.750. The molecule has 0 nitrogen and oxygen atoms in total. The second-order valence-electron chi connectivity index (χ2n) is 8.92. The predicted octanol–water partition coefficient (Wildman–Crippen LogP) is 7.62. The van der Waals surface area contributed by atoms with Gasteiger partial charge in [0, 0.05) is 0 Å². The lowest BCUT2D eigenvalue weighted by Crippen LogP contribution is -2.45. The monoisotopic (exact) mass is 326 g/mol. The molecule has 0 atom stereocenters. The van der Waals surface area contributed by atoms with Crippen LogP contribution in [-0.4, -0.2) is 0 Å². The van der Waals surface area contributed by atoms with Crippen LogP contribution in [0, 0.1) is 23.2 Å². The molecule has 0 aromatic carbocycles. The van der Waals surface area contributed by atoms with Crippen LogP contribution in [0.2, 0.25) is 0 Å². The molecule has 24 heavy (non-hydrogen) atoms. The summed E-state index contributed by atoms with van der Waals surface area (Å²) >= 11 is 0. The van der Waals surface area contributed by atoms with Crippen molar-refractivity contribution in [1.29, 1.82) is 0 Å². The van der Waals surface area contributed by atoms with Gasteiger partial charge in [0.1, 0.15) is 0 Å². The first-order chi connectivity index (χ1) is 11.8. The third-order valence-corrected chi connectivity index (χ3v) is 6.92. The van der Waals surface area contributed by atoms with Gasteiger partial charge in [-0.2, -0.15) is 0 Å². The Morgan fingerprint density at radius 3 is 1.12 bits per heavy atom. The average molecular weight is 327 g/mol. The summed E-state index contributed by atoms with van der Waals surface area (Å²) in [5, 5.41) is 0. The van der Waals surface area contributed by atoms with E-state index in [0.29, 0.717) is 0 Å². The van der Waals surface area contributed by atoms with Gasteiger partial charge in [-0.15, -0.1) is 0 Å². The van der Waals surface area contributed by atoms with Gasteiger partial charge in [0.05, 0.1) is 0 Å². The summed E-state index contributed by atoms with van der Waals surface area (Å²) in [5.74, 6) is 3.45. The first kappa shape index (κ1) is 18.0. The highest BCUT2D eigenvalue weighted by Gasteiger charge is 2.49. The molecule has 5 aliphatic rings. The van der Waals surface area contributed by atoms with Crippen molar-refractivity contribution in [3.8, 4) is 0 Å². The van der Waals surface area contributed by atoms with Gasteiger partial charge < -0.3 is 0 Å². The van der Waals surface area contributed by atoms with Crippen molar-refractivity contribution in [3.63, 3.8) is 0 Å². The molecule has 5 aliphatic carbocycles. The van der Waals surface area contributed by atoms with E-state index in [2.05, 4.69) is 43.4 Å². The van der Waals surface area contributed by atoms with Crippen LogP contribution in [0.5, 0.6) is 0 Å². The second-order valence-corrected chi connectivity index (χ2v) is 8.92. The second kappa shape index (κ2) is 9.07. The molecule has 134 valence electrons. The van der Waals surface area contributed by atoms with Gasteiger partial charge in [0.2, 0.25) is 0 Å². The predicted molar refractivity (Wildman–Crippen MR) is 106 cm³/mol. The molecule has 5 rings (SSSR count). The lowest BCUT2D eigenvalue weighted by Gasteiger charge is -2.56. The number of allylic oxidation sites excluding steroid dienone is 6. The van der Waals surface area contributed by atoms with E-state index < -0.39 is 0 Å². The molecule has 0 N–H and O–H groups in total. The van der Waals surface area contributed by atoms with Crippen molar-refractivity contribution in [2.24, 2.45) is 23.2 Å². The Kier molecular flexibility index (Phi) is 6.81. The van der Waals surface area contributed by atoms with Gasteiger partial charge in [-0.25, -0.2) is 0 Å². The minimum atomic E-state index is 0.842. The average Bonchev–Trinajstić information content (AvgIpc) is 2.55. The first-order valence-electron chi connectivity index (χ1n) is 10.7. The highest BCUT2D eigenvalue weighted by atomic mass is 14.5. The van der Waals surface area contributed by atoms with E-state index in [1.807, 2.05) is 0 Å². The molecule has 0 aromatic heterocycles. The van der Waals surface area contributed by atoms with E-state index in [1.54, 1.807) is 38.5 Å². The Labute approximate surface area is 150 Å². The highest BCUT2D eigenvalue weighted by molar-refractivity contribution is 5.00. The summed E-state index contributed by atoms with van der Waals surface area (Å²) < 4.78 is 0. The van der Waals surface area contributed by atoms with Crippen LogP contribution in [0.1, 0.15) is 90.4 Å². The Bertz CT molecular complexity index is 364. The molecule has 0 spiro atoms. The zero-order valence-electron chi connectivity index (χ0n) is 15.9. The summed E-state index contributed by atoms with van der Waals surface area (Å²) in [6.45, 7) is 2.42. The van der Waals surface area contributed by atoms with Gasteiger partial charge >= 0.3 is 0 Å². The largest absolute Gasteiger partial charge is 0.0882 e. The van der Waals surface area contributed by atoms with Crippen LogP contribution in [0.4, 0.5) is 0 Å². The third kappa shape index (κ3) is 5.11. The molecule has 4 bridgehead atoms. The Balaban J connectivity index is 0.000000141. The number of hydrogen-bond donors (Lipinski definition) is 0. The summed E-state index contributed by atoms with van der Waals surface area (Å²) in [4.78, 5) is 0.